The average Bonchev–Trinajstić information content (AvgIpc) is 3.00. The molecule has 0 spiro atoms. The normalized spacial score (nSPS) is 10.6. The molecule has 0 amide bonds. The molecule has 17 heavy (non-hydrogen) atoms. The van der Waals surface area contributed by atoms with Crippen molar-refractivity contribution in [1.29, 1.82) is 0 Å². The highest BCUT2D eigenvalue weighted by Gasteiger charge is 2.07. The molecule has 0 aliphatic carbocycles. The first-order valence-electron chi connectivity index (χ1n) is 4.97. The third kappa shape index (κ3) is 2.07. The van der Waals surface area contributed by atoms with Crippen LogP contribution in [0.15, 0.2) is 41.4 Å². The number of aromatic nitrogens is 2. The Kier molecular flexibility index (Phi) is 2.62. The molecule has 0 saturated heterocycles. The molecule has 0 atom stereocenters. The molecule has 1 aromatic carbocycles. The number of phenolic OH excluding ortho intramolecular Hbond substituents is 1. The molecule has 2 heterocycles. The number of aromatic hydroxyl groups is 1. The van der Waals surface area contributed by atoms with Crippen LogP contribution in [0.3, 0.4) is 0 Å². The lowest BCUT2D eigenvalue weighted by molar-refractivity contribution is 0.475. The molecular weight excluding hydrogens is 252 g/mol. The summed E-state index contributed by atoms with van der Waals surface area (Å²) in [6.07, 6.45) is 1.82. The molecular formula is C12H8N2OS2. The number of hydrogen-bond acceptors (Lipinski definition) is 5. The summed E-state index contributed by atoms with van der Waals surface area (Å²) in [4.78, 5) is 9.68. The topological polar surface area (TPSA) is 46.0 Å². The van der Waals surface area contributed by atoms with Gasteiger partial charge in [-0.15, -0.1) is 22.7 Å². The third-order valence-electron chi connectivity index (χ3n) is 2.30. The van der Waals surface area contributed by atoms with E-state index >= 15 is 0 Å². The molecule has 0 saturated carbocycles. The van der Waals surface area contributed by atoms with E-state index in [-0.39, 0.29) is 5.75 Å². The van der Waals surface area contributed by atoms with Crippen molar-refractivity contribution in [3.05, 3.63) is 41.4 Å². The lowest BCUT2D eigenvalue weighted by atomic mass is 10.2. The summed E-state index contributed by atoms with van der Waals surface area (Å²) in [5.41, 5.74) is 3.78. The molecule has 3 aromatic rings. The third-order valence-corrected chi connectivity index (χ3v) is 3.99. The average molecular weight is 260 g/mol. The van der Waals surface area contributed by atoms with Gasteiger partial charge >= 0.3 is 0 Å². The summed E-state index contributed by atoms with van der Waals surface area (Å²) in [6, 6.07) is 7.07. The molecule has 0 aliphatic rings. The summed E-state index contributed by atoms with van der Waals surface area (Å²) in [7, 11) is 0. The predicted molar refractivity (Wildman–Crippen MR) is 70.3 cm³/mol. The van der Waals surface area contributed by atoms with E-state index in [1.165, 1.54) is 0 Å². The van der Waals surface area contributed by atoms with Gasteiger partial charge in [0.25, 0.3) is 0 Å². The second-order valence-corrected chi connectivity index (χ2v) is 5.19. The zero-order valence-corrected chi connectivity index (χ0v) is 10.3. The molecule has 0 radical (unpaired) electrons. The maximum atomic E-state index is 9.24. The number of benzene rings is 1. The second-order valence-electron chi connectivity index (χ2n) is 3.45. The number of hydrogen-bond donors (Lipinski definition) is 1. The van der Waals surface area contributed by atoms with Crippen molar-refractivity contribution in [2.24, 2.45) is 0 Å². The summed E-state index contributed by atoms with van der Waals surface area (Å²) in [5, 5.41) is 12.2. The quantitative estimate of drug-likeness (QED) is 0.765. The minimum absolute atomic E-state index is 0.271. The van der Waals surface area contributed by atoms with Gasteiger partial charge in [-0.2, -0.15) is 0 Å². The van der Waals surface area contributed by atoms with E-state index in [1.54, 1.807) is 40.3 Å². The van der Waals surface area contributed by atoms with Gasteiger partial charge in [0.15, 0.2) is 0 Å². The second kappa shape index (κ2) is 4.27. The van der Waals surface area contributed by atoms with Crippen molar-refractivity contribution in [2.75, 3.05) is 0 Å². The van der Waals surface area contributed by atoms with E-state index in [1.807, 2.05) is 23.7 Å². The number of thiazole rings is 2. The minimum atomic E-state index is 0.271. The highest BCUT2D eigenvalue weighted by atomic mass is 32.1. The fourth-order valence-electron chi connectivity index (χ4n) is 1.47. The van der Waals surface area contributed by atoms with E-state index in [0.29, 0.717) is 0 Å². The van der Waals surface area contributed by atoms with Crippen LogP contribution in [0.1, 0.15) is 0 Å². The summed E-state index contributed by atoms with van der Waals surface area (Å²) < 4.78 is 0. The van der Waals surface area contributed by atoms with E-state index in [9.17, 15) is 5.11 Å². The van der Waals surface area contributed by atoms with Crippen LogP contribution in [-0.4, -0.2) is 15.1 Å². The Morgan fingerprint density at radius 1 is 1.06 bits per heavy atom. The van der Waals surface area contributed by atoms with E-state index in [0.717, 1.165) is 21.1 Å². The zero-order chi connectivity index (χ0) is 11.7. The van der Waals surface area contributed by atoms with Crippen molar-refractivity contribution < 1.29 is 5.11 Å². The maximum absolute atomic E-state index is 9.24. The molecule has 2 aromatic heterocycles. The van der Waals surface area contributed by atoms with E-state index in [2.05, 4.69) is 9.97 Å². The van der Waals surface area contributed by atoms with Crippen molar-refractivity contribution in [2.45, 2.75) is 0 Å². The SMILES string of the molecule is Oc1ccc(-c2nc(-c3cncs3)cs2)cc1. The lowest BCUT2D eigenvalue weighted by Gasteiger charge is -1.95. The lowest BCUT2D eigenvalue weighted by Crippen LogP contribution is -1.76. The van der Waals surface area contributed by atoms with Gasteiger partial charge in [0.1, 0.15) is 10.8 Å². The van der Waals surface area contributed by atoms with Crippen LogP contribution in [0, 0.1) is 0 Å². The maximum Gasteiger partial charge on any atom is 0.124 e. The highest BCUT2D eigenvalue weighted by Crippen LogP contribution is 2.30. The van der Waals surface area contributed by atoms with Gasteiger partial charge in [-0.1, -0.05) is 0 Å². The van der Waals surface area contributed by atoms with Crippen LogP contribution < -0.4 is 0 Å². The largest absolute Gasteiger partial charge is 0.508 e. The standard InChI is InChI=1S/C12H8N2OS2/c15-9-3-1-8(2-4-9)12-14-10(6-16-12)11-5-13-7-17-11/h1-7,15H. The number of nitrogens with zero attached hydrogens (tertiary/aromatic N) is 2. The molecule has 0 fully saturated rings. The van der Waals surface area contributed by atoms with Crippen LogP contribution in [0.25, 0.3) is 21.1 Å². The Morgan fingerprint density at radius 3 is 2.59 bits per heavy atom. The van der Waals surface area contributed by atoms with Gasteiger partial charge in [-0.05, 0) is 24.3 Å². The first-order valence-corrected chi connectivity index (χ1v) is 6.72. The Morgan fingerprint density at radius 2 is 1.88 bits per heavy atom. The van der Waals surface area contributed by atoms with Gasteiger partial charge in [0.2, 0.25) is 0 Å². The van der Waals surface area contributed by atoms with Gasteiger partial charge in [0.05, 0.1) is 16.1 Å². The molecule has 0 aliphatic heterocycles. The highest BCUT2D eigenvalue weighted by molar-refractivity contribution is 7.15. The minimum Gasteiger partial charge on any atom is -0.508 e. The Balaban J connectivity index is 1.98. The molecule has 0 unspecified atom stereocenters. The predicted octanol–water partition coefficient (Wildman–Crippen LogP) is 3.64. The smallest absolute Gasteiger partial charge is 0.124 e. The first kappa shape index (κ1) is 10.4. The van der Waals surface area contributed by atoms with Crippen molar-refractivity contribution in [3.8, 4) is 26.9 Å². The molecule has 84 valence electrons. The van der Waals surface area contributed by atoms with Gasteiger partial charge in [0, 0.05) is 17.1 Å². The van der Waals surface area contributed by atoms with Gasteiger partial charge in [-0.25, -0.2) is 4.98 Å². The Bertz CT molecular complexity index is 614. The van der Waals surface area contributed by atoms with Gasteiger partial charge in [-0.3, -0.25) is 4.98 Å². The van der Waals surface area contributed by atoms with Crippen LogP contribution in [0.5, 0.6) is 5.75 Å². The first-order chi connectivity index (χ1) is 8.33. The van der Waals surface area contributed by atoms with Crippen molar-refractivity contribution >= 4 is 22.7 Å². The summed E-state index contributed by atoms with van der Waals surface area (Å²) in [6.45, 7) is 0. The van der Waals surface area contributed by atoms with Gasteiger partial charge < -0.3 is 5.11 Å². The summed E-state index contributed by atoms with van der Waals surface area (Å²) in [5.74, 6) is 0.271. The monoisotopic (exact) mass is 260 g/mol. The molecule has 3 rings (SSSR count). The molecule has 5 heteroatoms. The van der Waals surface area contributed by atoms with Crippen LogP contribution in [-0.2, 0) is 0 Å². The fraction of sp³-hybridized carbons (Fsp3) is 0. The van der Waals surface area contributed by atoms with Crippen molar-refractivity contribution in [3.63, 3.8) is 0 Å². The van der Waals surface area contributed by atoms with Crippen LogP contribution in [0.4, 0.5) is 0 Å². The summed E-state index contributed by atoms with van der Waals surface area (Å²) >= 11 is 3.17. The van der Waals surface area contributed by atoms with Crippen LogP contribution in [0.2, 0.25) is 0 Å². The zero-order valence-electron chi connectivity index (χ0n) is 8.70. The Hall–Kier alpha value is -1.72. The van der Waals surface area contributed by atoms with E-state index in [4.69, 9.17) is 0 Å². The number of rotatable bonds is 2. The van der Waals surface area contributed by atoms with Crippen molar-refractivity contribution in [1.82, 2.24) is 9.97 Å². The van der Waals surface area contributed by atoms with E-state index < -0.39 is 0 Å². The molecule has 1 N–H and O–H groups in total. The van der Waals surface area contributed by atoms with Crippen LogP contribution >= 0.6 is 22.7 Å². The molecule has 0 bridgehead atoms. The number of phenols is 1. The Labute approximate surface area is 106 Å². The molecule has 3 nitrogen and oxygen atoms in total. The fourth-order valence-corrected chi connectivity index (χ4v) is 2.95.